The number of nitrogens with zero attached hydrogens (tertiary/aromatic N) is 2. The van der Waals surface area contributed by atoms with Crippen LogP contribution in [0.25, 0.3) is 0 Å². The first-order valence-corrected chi connectivity index (χ1v) is 7.30. The number of hydrogen-bond acceptors (Lipinski definition) is 5. The number of aromatic nitrogens is 1. The predicted octanol–water partition coefficient (Wildman–Crippen LogP) is 3.17. The zero-order valence-corrected chi connectivity index (χ0v) is 13.8. The maximum Gasteiger partial charge on any atom is 0.267 e. The highest BCUT2D eigenvalue weighted by atomic mass is 16.5. The molecule has 0 aliphatic heterocycles. The summed E-state index contributed by atoms with van der Waals surface area (Å²) in [5.41, 5.74) is 2.25. The van der Waals surface area contributed by atoms with Gasteiger partial charge in [0.25, 0.3) is 5.91 Å². The molecule has 2 N–H and O–H groups in total. The minimum absolute atomic E-state index is 0.0677. The van der Waals surface area contributed by atoms with Crippen molar-refractivity contribution in [1.29, 1.82) is 5.26 Å². The summed E-state index contributed by atoms with van der Waals surface area (Å²) < 4.78 is 5.21. The van der Waals surface area contributed by atoms with Crippen LogP contribution in [-0.4, -0.2) is 18.0 Å². The smallest absolute Gasteiger partial charge is 0.267 e. The van der Waals surface area contributed by atoms with E-state index in [1.807, 2.05) is 38.1 Å². The van der Waals surface area contributed by atoms with Gasteiger partial charge in [-0.3, -0.25) is 4.79 Å². The molecule has 0 radical (unpaired) electrons. The van der Waals surface area contributed by atoms with Crippen molar-refractivity contribution >= 4 is 17.4 Å². The second-order valence-corrected chi connectivity index (χ2v) is 5.14. The van der Waals surface area contributed by atoms with Gasteiger partial charge in [0.15, 0.2) is 0 Å². The van der Waals surface area contributed by atoms with Crippen LogP contribution in [0.3, 0.4) is 0 Å². The highest BCUT2D eigenvalue weighted by Gasteiger charge is 2.12. The molecule has 0 unspecified atom stereocenters. The van der Waals surface area contributed by atoms with Crippen molar-refractivity contribution in [2.75, 3.05) is 17.7 Å². The van der Waals surface area contributed by atoms with E-state index in [-0.39, 0.29) is 5.57 Å². The Labute approximate surface area is 140 Å². The Hall–Kier alpha value is -3.33. The lowest BCUT2D eigenvalue weighted by molar-refractivity contribution is -0.112. The maximum absolute atomic E-state index is 12.3. The number of nitrogens with one attached hydrogen (secondary N) is 2. The predicted molar refractivity (Wildman–Crippen MR) is 92.7 cm³/mol. The summed E-state index contributed by atoms with van der Waals surface area (Å²) in [6, 6.07) is 12.7. The number of amides is 1. The normalized spacial score (nSPS) is 10.7. The Balaban J connectivity index is 2.16. The van der Waals surface area contributed by atoms with Gasteiger partial charge in [0, 0.05) is 11.9 Å². The molecule has 0 aliphatic carbocycles. The number of carbonyl (C=O) groups excluding carboxylic acids is 1. The molecule has 122 valence electrons. The number of pyridine rings is 1. The lowest BCUT2D eigenvalue weighted by atomic mass is 10.2. The van der Waals surface area contributed by atoms with Crippen molar-refractivity contribution in [3.63, 3.8) is 0 Å². The van der Waals surface area contributed by atoms with Gasteiger partial charge >= 0.3 is 0 Å². The molecule has 0 fully saturated rings. The van der Waals surface area contributed by atoms with Crippen LogP contribution >= 0.6 is 0 Å². The van der Waals surface area contributed by atoms with Crippen molar-refractivity contribution < 1.29 is 9.53 Å². The van der Waals surface area contributed by atoms with Crippen molar-refractivity contribution in [2.24, 2.45) is 0 Å². The van der Waals surface area contributed by atoms with E-state index in [4.69, 9.17) is 4.74 Å². The van der Waals surface area contributed by atoms with E-state index in [1.54, 1.807) is 18.2 Å². The number of aryl methyl sites for hydroxylation is 2. The molecule has 2 aromatic rings. The fraction of sp³-hybridized carbons (Fsp3) is 0.167. The summed E-state index contributed by atoms with van der Waals surface area (Å²) in [5, 5.41) is 14.8. The minimum Gasteiger partial charge on any atom is -0.495 e. The Bertz CT molecular complexity index is 822. The van der Waals surface area contributed by atoms with Crippen molar-refractivity contribution in [3.05, 3.63) is 59.4 Å². The zero-order chi connectivity index (χ0) is 17.5. The molecular formula is C18H18N4O2. The molecule has 6 heteroatoms. The Morgan fingerprint density at radius 1 is 1.29 bits per heavy atom. The van der Waals surface area contributed by atoms with Gasteiger partial charge in [0.1, 0.15) is 23.2 Å². The van der Waals surface area contributed by atoms with Crippen LogP contribution in [0.15, 0.2) is 48.2 Å². The summed E-state index contributed by atoms with van der Waals surface area (Å²) in [6.07, 6.45) is 1.33. The molecule has 0 spiro atoms. The van der Waals surface area contributed by atoms with Gasteiger partial charge in [-0.05, 0) is 43.7 Å². The molecule has 1 aromatic carbocycles. The van der Waals surface area contributed by atoms with Crippen LogP contribution in [0.2, 0.25) is 0 Å². The fourth-order valence-corrected chi connectivity index (χ4v) is 2.03. The van der Waals surface area contributed by atoms with Crippen molar-refractivity contribution in [2.45, 2.75) is 13.8 Å². The number of hydrogen-bond donors (Lipinski definition) is 2. The quantitative estimate of drug-likeness (QED) is 0.652. The Kier molecular flexibility index (Phi) is 5.53. The molecule has 1 amide bonds. The number of ether oxygens (including phenoxy) is 1. The lowest BCUT2D eigenvalue weighted by Crippen LogP contribution is -2.15. The number of benzene rings is 1. The summed E-state index contributed by atoms with van der Waals surface area (Å²) in [6.45, 7) is 3.76. The second-order valence-electron chi connectivity index (χ2n) is 5.14. The summed E-state index contributed by atoms with van der Waals surface area (Å²) >= 11 is 0. The van der Waals surface area contributed by atoms with E-state index in [0.717, 1.165) is 11.3 Å². The topological polar surface area (TPSA) is 87.0 Å². The molecular weight excluding hydrogens is 304 g/mol. The standard InChI is InChI=1S/C18H18N4O2/c1-12-7-8-16(24-3)15(9-12)22-18(23)14(10-19)11-20-17-6-4-5-13(2)21-17/h4-9,11H,1-3H3,(H,20,21)(H,22,23)/b14-11-. The zero-order valence-electron chi connectivity index (χ0n) is 13.8. The third kappa shape index (κ3) is 4.34. The Morgan fingerprint density at radius 3 is 2.75 bits per heavy atom. The van der Waals surface area contributed by atoms with E-state index in [9.17, 15) is 10.1 Å². The minimum atomic E-state index is -0.526. The molecule has 6 nitrogen and oxygen atoms in total. The van der Waals surface area contributed by atoms with E-state index < -0.39 is 5.91 Å². The first-order valence-electron chi connectivity index (χ1n) is 7.30. The van der Waals surface area contributed by atoms with Gasteiger partial charge in [-0.15, -0.1) is 0 Å². The summed E-state index contributed by atoms with van der Waals surface area (Å²) in [5.74, 6) is 0.560. The molecule has 0 saturated heterocycles. The summed E-state index contributed by atoms with van der Waals surface area (Å²) in [7, 11) is 1.52. The van der Waals surface area contributed by atoms with Gasteiger partial charge in [-0.1, -0.05) is 12.1 Å². The van der Waals surface area contributed by atoms with Gasteiger partial charge in [0.2, 0.25) is 0 Å². The number of methoxy groups -OCH3 is 1. The second kappa shape index (κ2) is 7.79. The van der Waals surface area contributed by atoms with Gasteiger partial charge in [-0.25, -0.2) is 4.98 Å². The molecule has 0 aliphatic rings. The fourth-order valence-electron chi connectivity index (χ4n) is 2.03. The third-order valence-corrected chi connectivity index (χ3v) is 3.22. The van der Waals surface area contributed by atoms with Gasteiger partial charge < -0.3 is 15.4 Å². The average Bonchev–Trinajstić information content (AvgIpc) is 2.55. The van der Waals surface area contributed by atoms with E-state index in [1.165, 1.54) is 13.3 Å². The molecule has 24 heavy (non-hydrogen) atoms. The largest absolute Gasteiger partial charge is 0.495 e. The Morgan fingerprint density at radius 2 is 2.08 bits per heavy atom. The SMILES string of the molecule is COc1ccc(C)cc1NC(=O)/C(C#N)=C\Nc1cccc(C)n1. The lowest BCUT2D eigenvalue weighted by Gasteiger charge is -2.10. The molecule has 0 saturated carbocycles. The third-order valence-electron chi connectivity index (χ3n) is 3.22. The summed E-state index contributed by atoms with van der Waals surface area (Å²) in [4.78, 5) is 16.5. The van der Waals surface area contributed by atoms with Gasteiger partial charge in [-0.2, -0.15) is 5.26 Å². The van der Waals surface area contributed by atoms with Crippen LogP contribution in [0.1, 0.15) is 11.3 Å². The maximum atomic E-state index is 12.3. The van der Waals surface area contributed by atoms with Crippen LogP contribution in [0.5, 0.6) is 5.75 Å². The van der Waals surface area contributed by atoms with Crippen LogP contribution in [0.4, 0.5) is 11.5 Å². The van der Waals surface area contributed by atoms with E-state index in [0.29, 0.717) is 17.3 Å². The highest BCUT2D eigenvalue weighted by Crippen LogP contribution is 2.25. The van der Waals surface area contributed by atoms with Crippen LogP contribution in [0, 0.1) is 25.2 Å². The average molecular weight is 322 g/mol. The first kappa shape index (κ1) is 17.0. The number of nitriles is 1. The number of rotatable bonds is 5. The van der Waals surface area contributed by atoms with Crippen molar-refractivity contribution in [3.8, 4) is 11.8 Å². The van der Waals surface area contributed by atoms with Gasteiger partial charge in [0.05, 0.1) is 12.8 Å². The van der Waals surface area contributed by atoms with Crippen molar-refractivity contribution in [1.82, 2.24) is 4.98 Å². The molecule has 2 rings (SSSR count). The van der Waals surface area contributed by atoms with E-state index in [2.05, 4.69) is 15.6 Å². The van der Waals surface area contributed by atoms with E-state index >= 15 is 0 Å². The first-order chi connectivity index (χ1) is 11.5. The monoisotopic (exact) mass is 322 g/mol. The molecule has 1 aromatic heterocycles. The highest BCUT2D eigenvalue weighted by molar-refractivity contribution is 6.07. The van der Waals surface area contributed by atoms with Crippen LogP contribution in [-0.2, 0) is 4.79 Å². The molecule has 1 heterocycles. The number of anilines is 2. The number of carbonyl (C=O) groups is 1. The molecule has 0 bridgehead atoms. The molecule has 0 atom stereocenters. The van der Waals surface area contributed by atoms with Crippen LogP contribution < -0.4 is 15.4 Å².